The van der Waals surface area contributed by atoms with Crippen molar-refractivity contribution in [2.45, 2.75) is 110 Å². The number of halogens is 5. The monoisotopic (exact) mass is 723 g/mol. The van der Waals surface area contributed by atoms with Gasteiger partial charge >= 0.3 is 10.2 Å². The van der Waals surface area contributed by atoms with Crippen LogP contribution in [0.5, 0.6) is 0 Å². The number of ketones is 1. The van der Waals surface area contributed by atoms with Crippen LogP contribution < -0.4 is 11.3 Å². The van der Waals surface area contributed by atoms with E-state index < -0.39 is 15.1 Å². The normalized spacial score (nSPS) is 18.6. The van der Waals surface area contributed by atoms with Gasteiger partial charge in [-0.05, 0) is 105 Å². The number of carbonyl (C=O) groups excluding carboxylic acids is 1. The van der Waals surface area contributed by atoms with Crippen LogP contribution in [0.2, 0.25) is 0 Å². The number of Topliss-reactive ketones (excluding diaryl/α,β-unsaturated/α-hetero) is 1. The molecule has 0 bridgehead atoms. The highest BCUT2D eigenvalue weighted by molar-refractivity contribution is 8.45. The number of nitrogens with two attached hydrogens (primary N) is 1. The molecule has 0 radical (unpaired) electrons. The minimum atomic E-state index is -9.47. The third-order valence-corrected chi connectivity index (χ3v) is 10.8. The van der Waals surface area contributed by atoms with E-state index in [2.05, 4.69) is 49.7 Å². The van der Waals surface area contributed by atoms with Crippen LogP contribution in [0.25, 0.3) is 10.8 Å². The standard InChI is InChI=1S/C15H24.C14H15N3O2.C8H9F5S.C2H6/c1-5-7-9-14-10-8-11-15(13(14)4)12(3)6-2;1-8(18)14(4-5-14)9-2-3-10-11(6-9)12(7-15)16-17-13(10)19;1-2-7-3-5-8(6-4-7)14(9,10,11,12)13;1-2/h5,7,9,12,15H,1,6,8,10-11H2,2-4H3;2-3,6H,4-5,7,15H2,1H3,(H,17,19);3-6H,2H2,1H3;1-2H3/b9-7-;;;. The smallest absolute Gasteiger partial charge is 0.310 e. The Bertz CT molecular complexity index is 1740. The highest BCUT2D eigenvalue weighted by atomic mass is 32.5. The first-order chi connectivity index (χ1) is 23.3. The maximum Gasteiger partial charge on any atom is 0.310 e. The van der Waals surface area contributed by atoms with E-state index in [1.54, 1.807) is 31.1 Å². The Labute approximate surface area is 294 Å². The number of benzene rings is 2. The van der Waals surface area contributed by atoms with Gasteiger partial charge in [-0.3, -0.25) is 9.59 Å². The van der Waals surface area contributed by atoms with E-state index in [0.29, 0.717) is 35.2 Å². The van der Waals surface area contributed by atoms with Gasteiger partial charge in [-0.2, -0.15) is 5.10 Å². The number of nitrogens with zero attached hydrogens (tertiary/aromatic N) is 1. The van der Waals surface area contributed by atoms with Gasteiger partial charge in [0.1, 0.15) is 10.7 Å². The second-order valence-electron chi connectivity index (χ2n) is 12.8. The van der Waals surface area contributed by atoms with Crippen LogP contribution in [0, 0.1) is 11.8 Å². The van der Waals surface area contributed by atoms with Crippen molar-refractivity contribution in [1.82, 2.24) is 10.2 Å². The lowest BCUT2D eigenvalue weighted by Gasteiger charge is -2.40. The first-order valence-electron chi connectivity index (χ1n) is 17.4. The molecule has 50 heavy (non-hydrogen) atoms. The summed E-state index contributed by atoms with van der Waals surface area (Å²) in [6.45, 7) is 18.3. The fraction of sp³-hybridized carbons (Fsp3) is 0.462. The Kier molecular flexibility index (Phi) is 14.2. The number of aromatic nitrogens is 2. The molecule has 5 nitrogen and oxygen atoms in total. The zero-order valence-corrected chi connectivity index (χ0v) is 31.2. The first-order valence-corrected chi connectivity index (χ1v) is 19.3. The second kappa shape index (κ2) is 16.6. The maximum absolute atomic E-state index is 12.2. The SMILES string of the molecule is C=C/C=C\C1=C(C)C(C(C)CC)CCC1.CC.CC(=O)C1(c2ccc3c(=O)[nH]nc(CN)c3c2)CC1.CCc1ccc(S(F)(F)(F)(F)F)cc1. The maximum atomic E-state index is 12.2. The molecule has 3 N–H and O–H groups in total. The van der Waals surface area contributed by atoms with Crippen LogP contribution >= 0.6 is 10.2 Å². The molecule has 5 rings (SSSR count). The van der Waals surface area contributed by atoms with Crippen molar-refractivity contribution < 1.29 is 24.2 Å². The van der Waals surface area contributed by atoms with Crippen molar-refractivity contribution in [2.75, 3.05) is 0 Å². The number of allylic oxidation sites excluding steroid dienone is 5. The summed E-state index contributed by atoms with van der Waals surface area (Å²) in [5.41, 5.74) is 10.5. The summed E-state index contributed by atoms with van der Waals surface area (Å²) >= 11 is 0. The molecule has 2 unspecified atom stereocenters. The van der Waals surface area contributed by atoms with E-state index in [1.165, 1.54) is 25.7 Å². The quantitative estimate of drug-likeness (QED) is 0.170. The predicted molar refractivity (Wildman–Crippen MR) is 199 cm³/mol. The zero-order chi connectivity index (χ0) is 38.0. The number of H-pyrrole nitrogens is 1. The van der Waals surface area contributed by atoms with Gasteiger partial charge in [-0.1, -0.05) is 109 Å². The lowest BCUT2D eigenvalue weighted by atomic mass is 9.76. The number of hydrogen-bond donors (Lipinski definition) is 2. The van der Waals surface area contributed by atoms with Crippen LogP contribution in [0.1, 0.15) is 104 Å². The van der Waals surface area contributed by atoms with Crippen molar-refractivity contribution >= 4 is 26.8 Å². The van der Waals surface area contributed by atoms with Crippen molar-refractivity contribution in [2.24, 2.45) is 17.6 Å². The van der Waals surface area contributed by atoms with Crippen LogP contribution in [0.4, 0.5) is 19.4 Å². The number of rotatable bonds is 9. The molecule has 1 saturated carbocycles. The molecule has 11 heteroatoms. The molecule has 3 aromatic rings. The van der Waals surface area contributed by atoms with E-state index in [1.807, 2.05) is 32.1 Å². The number of aromatic amines is 1. The lowest BCUT2D eigenvalue weighted by Crippen LogP contribution is -2.18. The molecule has 0 aliphatic heterocycles. The number of hydrogen-bond acceptors (Lipinski definition) is 4. The average Bonchev–Trinajstić information content (AvgIpc) is 3.91. The molecule has 0 amide bonds. The molecule has 1 fully saturated rings. The number of fused-ring (bicyclic) bond motifs is 1. The highest BCUT2D eigenvalue weighted by Gasteiger charge is 2.65. The van der Waals surface area contributed by atoms with Crippen molar-refractivity contribution in [3.05, 3.63) is 106 Å². The molecule has 0 saturated heterocycles. The molecule has 2 aromatic carbocycles. The van der Waals surface area contributed by atoms with Crippen molar-refractivity contribution in [3.8, 4) is 0 Å². The van der Waals surface area contributed by atoms with E-state index in [0.717, 1.165) is 47.8 Å². The van der Waals surface area contributed by atoms with Crippen LogP contribution in [0.3, 0.4) is 0 Å². The van der Waals surface area contributed by atoms with E-state index in [4.69, 9.17) is 5.73 Å². The van der Waals surface area contributed by atoms with Gasteiger partial charge in [0.2, 0.25) is 0 Å². The Balaban J connectivity index is 0.000000258. The summed E-state index contributed by atoms with van der Waals surface area (Å²) in [5.74, 6) is 1.82. The first kappa shape index (κ1) is 42.6. The number of carbonyl (C=O) groups is 1. The zero-order valence-electron chi connectivity index (χ0n) is 30.4. The summed E-state index contributed by atoms with van der Waals surface area (Å²) in [7, 11) is -9.47. The van der Waals surface area contributed by atoms with Gasteiger partial charge in [-0.15, -0.1) is 0 Å². The van der Waals surface area contributed by atoms with Crippen LogP contribution in [0.15, 0.2) is 88.1 Å². The number of nitrogens with one attached hydrogen (secondary N) is 1. The third kappa shape index (κ3) is 11.0. The fourth-order valence-electron chi connectivity index (χ4n) is 6.18. The summed E-state index contributed by atoms with van der Waals surface area (Å²) in [5, 5.41) is 7.72. The van der Waals surface area contributed by atoms with Gasteiger partial charge in [0.05, 0.1) is 16.5 Å². The molecule has 2 atom stereocenters. The topological polar surface area (TPSA) is 88.8 Å². The summed E-state index contributed by atoms with van der Waals surface area (Å²) in [4.78, 5) is 21.7. The molecule has 278 valence electrons. The minimum absolute atomic E-state index is 0.180. The molecule has 2 aliphatic carbocycles. The molecular weight excluding hydrogens is 670 g/mol. The largest absolute Gasteiger partial charge is 0.325 e. The molecule has 2 aliphatic rings. The van der Waals surface area contributed by atoms with E-state index in [-0.39, 0.29) is 23.3 Å². The van der Waals surface area contributed by atoms with Crippen molar-refractivity contribution in [3.63, 3.8) is 0 Å². The summed E-state index contributed by atoms with van der Waals surface area (Å²) < 4.78 is 60.9. The minimum Gasteiger partial charge on any atom is -0.325 e. The molecule has 0 spiro atoms. The Morgan fingerprint density at radius 1 is 1.08 bits per heavy atom. The Morgan fingerprint density at radius 2 is 1.70 bits per heavy atom. The van der Waals surface area contributed by atoms with Crippen LogP contribution in [-0.2, 0) is 23.2 Å². The van der Waals surface area contributed by atoms with Crippen molar-refractivity contribution in [1.29, 1.82) is 0 Å². The van der Waals surface area contributed by atoms with Gasteiger partial charge in [0, 0.05) is 11.9 Å². The fourth-order valence-corrected chi connectivity index (χ4v) is 6.83. The highest BCUT2D eigenvalue weighted by Crippen LogP contribution is 3.02. The lowest BCUT2D eigenvalue weighted by molar-refractivity contribution is -0.119. The summed E-state index contributed by atoms with van der Waals surface area (Å²) in [6, 6.07) is 8.51. The molecular formula is C39H54F5N3O2S. The second-order valence-corrected chi connectivity index (χ2v) is 15.2. The Hall–Kier alpha value is -3.57. The summed E-state index contributed by atoms with van der Waals surface area (Å²) in [6.07, 6.45) is 13.7. The van der Waals surface area contributed by atoms with Crippen LogP contribution in [-0.4, -0.2) is 16.0 Å². The Morgan fingerprint density at radius 3 is 2.18 bits per heavy atom. The molecule has 1 heterocycles. The molecule has 1 aromatic heterocycles. The van der Waals surface area contributed by atoms with Gasteiger partial charge in [0.25, 0.3) is 5.56 Å². The van der Waals surface area contributed by atoms with E-state index >= 15 is 0 Å². The van der Waals surface area contributed by atoms with Gasteiger partial charge < -0.3 is 5.73 Å². The predicted octanol–water partition coefficient (Wildman–Crippen LogP) is 11.8. The third-order valence-electron chi connectivity index (χ3n) is 9.60. The average molecular weight is 724 g/mol. The number of aryl methyl sites for hydroxylation is 1. The van der Waals surface area contributed by atoms with Gasteiger partial charge in [-0.25, -0.2) is 5.10 Å². The van der Waals surface area contributed by atoms with Gasteiger partial charge in [0.15, 0.2) is 0 Å². The van der Waals surface area contributed by atoms with E-state index in [9.17, 15) is 29.0 Å².